The van der Waals surface area contributed by atoms with Crippen LogP contribution in [0.5, 0.6) is 0 Å². The highest BCUT2D eigenvalue weighted by Crippen LogP contribution is 2.18. The Morgan fingerprint density at radius 2 is 1.52 bits per heavy atom. The highest BCUT2D eigenvalue weighted by atomic mass is 19.4. The summed E-state index contributed by atoms with van der Waals surface area (Å²) in [6.07, 6.45) is -4.93. The summed E-state index contributed by atoms with van der Waals surface area (Å²) in [5.74, 6) is -2.02. The van der Waals surface area contributed by atoms with Crippen LogP contribution in [0.2, 0.25) is 13.6 Å². The van der Waals surface area contributed by atoms with E-state index in [1.54, 1.807) is 44.8 Å². The summed E-state index contributed by atoms with van der Waals surface area (Å²) in [5, 5.41) is 24.9. The second kappa shape index (κ2) is 13.7. The first kappa shape index (κ1) is 28.3. The van der Waals surface area contributed by atoms with E-state index in [2.05, 4.69) is 10.5 Å². The Morgan fingerprint density at radius 1 is 1.00 bits per heavy atom. The molecule has 0 bridgehead atoms. The molecule has 0 fully saturated rings. The number of carbonyl (C=O) groups is 1. The highest BCUT2D eigenvalue weighted by Gasteiger charge is 2.39. The van der Waals surface area contributed by atoms with Gasteiger partial charge in [-0.15, -0.1) is 0 Å². The van der Waals surface area contributed by atoms with Gasteiger partial charge in [-0.2, -0.15) is 13.2 Å². The van der Waals surface area contributed by atoms with Crippen molar-refractivity contribution < 1.29 is 28.0 Å². The molecular weight excluding hydrogens is 437 g/mol. The van der Waals surface area contributed by atoms with E-state index < -0.39 is 26.2 Å². The summed E-state index contributed by atoms with van der Waals surface area (Å²) in [5.41, 5.74) is 10.4. The first-order valence-electron chi connectivity index (χ1n) is 10.3. The third-order valence-corrected chi connectivity index (χ3v) is 4.19. The highest BCUT2D eigenvalue weighted by molar-refractivity contribution is 6.45. The molecule has 0 aromatic heterocycles. The van der Waals surface area contributed by atoms with Gasteiger partial charge in [0.1, 0.15) is 0 Å². The van der Waals surface area contributed by atoms with Crippen molar-refractivity contribution in [2.75, 3.05) is 17.3 Å². The summed E-state index contributed by atoms with van der Waals surface area (Å²) < 4.78 is 36.8. The number of hydrogen-bond acceptors (Lipinski definition) is 7. The summed E-state index contributed by atoms with van der Waals surface area (Å²) >= 11 is 0. The van der Waals surface area contributed by atoms with E-state index in [1.165, 1.54) is 0 Å². The Balaban J connectivity index is 0.000000383. The maximum Gasteiger partial charge on any atom is 0.472 e. The molecule has 13 heteroatoms. The van der Waals surface area contributed by atoms with Gasteiger partial charge in [0.2, 0.25) is 0 Å². The molecule has 7 N–H and O–H groups in total. The van der Waals surface area contributed by atoms with Crippen LogP contribution in [-0.4, -0.2) is 42.8 Å². The molecule has 0 spiro atoms. The SMILES string of the molecule is CB(O)NCc1cccc(N)c1.CCN(NC(=O)C(F)(F)F)c1cccc(CNB(C)O)c1. The predicted molar refractivity (Wildman–Crippen MR) is 126 cm³/mol. The van der Waals surface area contributed by atoms with Gasteiger partial charge >= 0.3 is 26.2 Å². The van der Waals surface area contributed by atoms with Crippen LogP contribution in [0.15, 0.2) is 48.5 Å². The fourth-order valence-corrected chi connectivity index (χ4v) is 2.58. The minimum absolute atomic E-state index is 0.176. The molecule has 0 saturated carbocycles. The van der Waals surface area contributed by atoms with Gasteiger partial charge in [-0.25, -0.2) is 0 Å². The maximum absolute atomic E-state index is 12.3. The van der Waals surface area contributed by atoms with Crippen LogP contribution in [0.4, 0.5) is 24.5 Å². The molecule has 180 valence electrons. The van der Waals surface area contributed by atoms with E-state index in [0.717, 1.165) is 21.8 Å². The smallest absolute Gasteiger partial charge is 0.437 e. The van der Waals surface area contributed by atoms with Crippen molar-refractivity contribution in [2.45, 2.75) is 39.8 Å². The minimum Gasteiger partial charge on any atom is -0.437 e. The zero-order valence-electron chi connectivity index (χ0n) is 18.9. The van der Waals surface area contributed by atoms with Crippen LogP contribution in [0.3, 0.4) is 0 Å². The van der Waals surface area contributed by atoms with Gasteiger partial charge in [0, 0.05) is 25.3 Å². The number of halogens is 3. The van der Waals surface area contributed by atoms with Crippen LogP contribution in [0.25, 0.3) is 0 Å². The lowest BCUT2D eigenvalue weighted by Gasteiger charge is -2.24. The van der Waals surface area contributed by atoms with E-state index in [-0.39, 0.29) is 6.54 Å². The molecule has 8 nitrogen and oxygen atoms in total. The summed E-state index contributed by atoms with van der Waals surface area (Å²) in [4.78, 5) is 11.0. The molecule has 2 rings (SSSR count). The van der Waals surface area contributed by atoms with Crippen molar-refractivity contribution in [1.82, 2.24) is 15.9 Å². The molecule has 0 aliphatic carbocycles. The molecule has 0 aliphatic rings. The molecule has 0 atom stereocenters. The normalized spacial score (nSPS) is 10.7. The summed E-state index contributed by atoms with van der Waals surface area (Å²) in [6.45, 7) is 6.05. The van der Waals surface area contributed by atoms with Crippen molar-refractivity contribution in [3.05, 3.63) is 59.7 Å². The quantitative estimate of drug-likeness (QED) is 0.189. The Kier molecular flexibility index (Phi) is 11.8. The van der Waals surface area contributed by atoms with Crippen molar-refractivity contribution in [2.24, 2.45) is 0 Å². The minimum atomic E-state index is -4.93. The van der Waals surface area contributed by atoms with E-state index in [9.17, 15) is 18.0 Å². The van der Waals surface area contributed by atoms with Crippen LogP contribution >= 0.6 is 0 Å². The number of nitrogens with one attached hydrogen (secondary N) is 3. The van der Waals surface area contributed by atoms with Gasteiger partial charge in [-0.3, -0.25) is 15.2 Å². The fraction of sp³-hybridized carbons (Fsp3) is 0.350. The molecule has 2 aromatic rings. The summed E-state index contributed by atoms with van der Waals surface area (Å²) in [6, 6.07) is 14.2. The average molecular weight is 467 g/mol. The third kappa shape index (κ3) is 11.6. The molecule has 33 heavy (non-hydrogen) atoms. The number of hydrazine groups is 1. The van der Waals surface area contributed by atoms with Gasteiger partial charge < -0.3 is 26.2 Å². The Labute approximate surface area is 192 Å². The van der Waals surface area contributed by atoms with Crippen LogP contribution in [-0.2, 0) is 17.9 Å². The van der Waals surface area contributed by atoms with Crippen molar-refractivity contribution in [1.29, 1.82) is 0 Å². The first-order chi connectivity index (χ1) is 15.4. The van der Waals surface area contributed by atoms with Gasteiger partial charge in [0.05, 0.1) is 5.69 Å². The lowest BCUT2D eigenvalue weighted by molar-refractivity contribution is -0.173. The number of hydrogen-bond donors (Lipinski definition) is 6. The average Bonchev–Trinajstić information content (AvgIpc) is 2.74. The van der Waals surface area contributed by atoms with E-state index >= 15 is 0 Å². The lowest BCUT2D eigenvalue weighted by atomic mass is 9.88. The number of benzene rings is 2. The molecular formula is C20H30B2F3N5O3. The maximum atomic E-state index is 12.3. The van der Waals surface area contributed by atoms with Crippen LogP contribution in [0, 0.1) is 0 Å². The number of amides is 1. The van der Waals surface area contributed by atoms with Crippen molar-refractivity contribution >= 4 is 31.4 Å². The first-order valence-corrected chi connectivity index (χ1v) is 10.3. The molecule has 0 heterocycles. The van der Waals surface area contributed by atoms with Gasteiger partial charge in [-0.1, -0.05) is 24.3 Å². The molecule has 0 radical (unpaired) electrons. The monoisotopic (exact) mass is 467 g/mol. The molecule has 2 aromatic carbocycles. The molecule has 0 aliphatic heterocycles. The number of anilines is 2. The number of nitrogens with zero attached hydrogens (tertiary/aromatic N) is 1. The second-order valence-electron chi connectivity index (χ2n) is 7.21. The van der Waals surface area contributed by atoms with Gasteiger partial charge in [0.25, 0.3) is 0 Å². The fourth-order valence-electron chi connectivity index (χ4n) is 2.58. The zero-order chi connectivity index (χ0) is 25.0. The predicted octanol–water partition coefficient (Wildman–Crippen LogP) is 1.78. The van der Waals surface area contributed by atoms with E-state index in [1.807, 2.05) is 29.7 Å². The third-order valence-electron chi connectivity index (χ3n) is 4.19. The van der Waals surface area contributed by atoms with Gasteiger partial charge in [0.15, 0.2) is 0 Å². The molecule has 0 saturated heterocycles. The lowest BCUT2D eigenvalue weighted by Crippen LogP contribution is -2.48. The Morgan fingerprint density at radius 3 is 1.97 bits per heavy atom. The largest absolute Gasteiger partial charge is 0.472 e. The van der Waals surface area contributed by atoms with Gasteiger partial charge in [-0.05, 0) is 56.0 Å². The molecule has 1 amide bonds. The summed E-state index contributed by atoms with van der Waals surface area (Å²) in [7, 11) is -1.17. The number of nitrogens with two attached hydrogens (primary N) is 1. The molecule has 0 unspecified atom stereocenters. The zero-order valence-corrected chi connectivity index (χ0v) is 18.9. The van der Waals surface area contributed by atoms with Crippen molar-refractivity contribution in [3.8, 4) is 0 Å². The number of carbonyl (C=O) groups excluding carboxylic acids is 1. The Hall–Kier alpha value is -2.73. The number of alkyl halides is 3. The topological polar surface area (TPSA) is 123 Å². The van der Waals surface area contributed by atoms with E-state index in [4.69, 9.17) is 15.8 Å². The Bertz CT molecular complexity index is 873. The number of rotatable bonds is 9. The number of nitrogen functional groups attached to an aromatic ring is 1. The van der Waals surface area contributed by atoms with Crippen LogP contribution < -0.4 is 26.6 Å². The second-order valence-corrected chi connectivity index (χ2v) is 7.21. The van der Waals surface area contributed by atoms with Crippen molar-refractivity contribution in [3.63, 3.8) is 0 Å². The van der Waals surface area contributed by atoms with Crippen LogP contribution in [0.1, 0.15) is 18.1 Å². The van der Waals surface area contributed by atoms with E-state index in [0.29, 0.717) is 18.8 Å². The standard InChI is InChI=1S/C12H17BF3N3O2.C8H13BN2O/c1-3-19(18-11(20)12(14,15)16)10-6-4-5-9(7-10)8-17-13(2)21;1-9(12)11-6-7-3-2-4-8(10)5-7/h4-7,17,21H,3,8H2,1-2H3,(H,18,20);2-5,11-12H,6,10H2,1H3.